The zero-order valence-corrected chi connectivity index (χ0v) is 14.6. The predicted molar refractivity (Wildman–Crippen MR) is 96.2 cm³/mol. The Labute approximate surface area is 147 Å². The van der Waals surface area contributed by atoms with Crippen LogP contribution >= 0.6 is 27.5 Å². The lowest BCUT2D eigenvalue weighted by Crippen LogP contribution is -2.26. The van der Waals surface area contributed by atoms with Gasteiger partial charge in [-0.1, -0.05) is 45.7 Å². The summed E-state index contributed by atoms with van der Waals surface area (Å²) >= 11 is 9.12. The predicted octanol–water partition coefficient (Wildman–Crippen LogP) is 3.68. The molecule has 3 N–H and O–H groups in total. The van der Waals surface area contributed by atoms with Crippen LogP contribution in [0.25, 0.3) is 0 Å². The second kappa shape index (κ2) is 7.99. The molecule has 1 amide bonds. The van der Waals surface area contributed by atoms with Gasteiger partial charge in [0, 0.05) is 15.7 Å². The van der Waals surface area contributed by atoms with Crippen LogP contribution in [-0.2, 0) is 4.79 Å². The van der Waals surface area contributed by atoms with Gasteiger partial charge in [0.25, 0.3) is 5.91 Å². The minimum Gasteiger partial charge on any atom is -0.506 e. The first-order valence-electron chi connectivity index (χ1n) is 6.77. The molecule has 0 radical (unpaired) electrons. The van der Waals surface area contributed by atoms with E-state index in [1.807, 2.05) is 31.2 Å². The van der Waals surface area contributed by atoms with Gasteiger partial charge in [0.15, 0.2) is 0 Å². The van der Waals surface area contributed by atoms with Crippen LogP contribution in [0.2, 0.25) is 5.02 Å². The third kappa shape index (κ3) is 4.97. The molecule has 0 saturated heterocycles. The number of benzene rings is 2. The van der Waals surface area contributed by atoms with Gasteiger partial charge in [-0.15, -0.1) is 0 Å². The number of nitrogens with one attached hydrogen (secondary N) is 2. The summed E-state index contributed by atoms with van der Waals surface area (Å²) in [5.41, 5.74) is 4.73. The van der Waals surface area contributed by atoms with Gasteiger partial charge < -0.3 is 10.4 Å². The molecule has 0 spiro atoms. The molecule has 0 aromatic heterocycles. The van der Waals surface area contributed by atoms with Crippen molar-refractivity contribution >= 4 is 45.3 Å². The van der Waals surface area contributed by atoms with Crippen molar-refractivity contribution in [2.24, 2.45) is 5.10 Å². The van der Waals surface area contributed by atoms with Crippen LogP contribution < -0.4 is 10.7 Å². The Kier molecular flexibility index (Phi) is 6.01. The largest absolute Gasteiger partial charge is 0.506 e. The lowest BCUT2D eigenvalue weighted by molar-refractivity contribution is -0.119. The van der Waals surface area contributed by atoms with Crippen LogP contribution in [-0.4, -0.2) is 23.8 Å². The van der Waals surface area contributed by atoms with Crippen molar-refractivity contribution in [3.05, 3.63) is 57.0 Å². The van der Waals surface area contributed by atoms with E-state index < -0.39 is 0 Å². The number of phenolic OH excluding ortho intramolecular Hbond substituents is 1. The van der Waals surface area contributed by atoms with E-state index in [9.17, 15) is 9.90 Å². The molecule has 7 heteroatoms. The number of nitrogens with zero attached hydrogens (tertiary/aromatic N) is 1. The summed E-state index contributed by atoms with van der Waals surface area (Å²) in [6.07, 6.45) is 1.33. The van der Waals surface area contributed by atoms with Crippen molar-refractivity contribution in [3.8, 4) is 5.75 Å². The summed E-state index contributed by atoms with van der Waals surface area (Å²) in [5, 5.41) is 16.8. The topological polar surface area (TPSA) is 73.7 Å². The normalized spacial score (nSPS) is 10.7. The fourth-order valence-electron chi connectivity index (χ4n) is 1.84. The number of carbonyl (C=O) groups is 1. The molecule has 0 aliphatic heterocycles. The summed E-state index contributed by atoms with van der Waals surface area (Å²) in [7, 11) is 0. The lowest BCUT2D eigenvalue weighted by atomic mass is 10.2. The first kappa shape index (κ1) is 17.3. The third-order valence-electron chi connectivity index (χ3n) is 3.04. The zero-order chi connectivity index (χ0) is 16.8. The Hall–Kier alpha value is -2.05. The monoisotopic (exact) mass is 395 g/mol. The fourth-order valence-corrected chi connectivity index (χ4v) is 2.68. The van der Waals surface area contributed by atoms with Crippen molar-refractivity contribution in [2.75, 3.05) is 11.9 Å². The molecule has 120 valence electrons. The maximum absolute atomic E-state index is 11.8. The number of hydrazone groups is 1. The quantitative estimate of drug-likeness (QED) is 0.533. The minimum absolute atomic E-state index is 0.0907. The van der Waals surface area contributed by atoms with Crippen molar-refractivity contribution in [1.82, 2.24) is 5.43 Å². The number of aryl methyl sites for hydroxylation is 1. The highest BCUT2D eigenvalue weighted by molar-refractivity contribution is 9.10. The van der Waals surface area contributed by atoms with Crippen molar-refractivity contribution in [1.29, 1.82) is 0 Å². The molecule has 0 aliphatic carbocycles. The van der Waals surface area contributed by atoms with Gasteiger partial charge in [-0.3, -0.25) is 4.79 Å². The molecule has 0 bridgehead atoms. The minimum atomic E-state index is -0.301. The maximum Gasteiger partial charge on any atom is 0.259 e. The summed E-state index contributed by atoms with van der Waals surface area (Å²) in [6.45, 7) is 2.05. The number of aromatic hydroxyl groups is 1. The lowest BCUT2D eigenvalue weighted by Gasteiger charge is -2.08. The van der Waals surface area contributed by atoms with Gasteiger partial charge in [0.2, 0.25) is 0 Å². The van der Waals surface area contributed by atoms with Crippen LogP contribution in [0.5, 0.6) is 5.75 Å². The van der Waals surface area contributed by atoms with Gasteiger partial charge in [-0.2, -0.15) is 5.10 Å². The highest BCUT2D eigenvalue weighted by Gasteiger charge is 2.06. The smallest absolute Gasteiger partial charge is 0.259 e. The SMILES string of the molecule is Cc1ccccc1NCC(=O)N/N=C/c1cc(Br)cc(Cl)c1O. The van der Waals surface area contributed by atoms with E-state index in [4.69, 9.17) is 11.6 Å². The molecular formula is C16H15BrClN3O2. The highest BCUT2D eigenvalue weighted by atomic mass is 79.9. The number of carbonyl (C=O) groups excluding carboxylic acids is 1. The van der Waals surface area contributed by atoms with E-state index in [1.165, 1.54) is 6.21 Å². The van der Waals surface area contributed by atoms with Gasteiger partial charge in [0.05, 0.1) is 17.8 Å². The Morgan fingerprint density at radius 1 is 1.39 bits per heavy atom. The summed E-state index contributed by atoms with van der Waals surface area (Å²) in [4.78, 5) is 11.8. The van der Waals surface area contributed by atoms with E-state index >= 15 is 0 Å². The van der Waals surface area contributed by atoms with Crippen LogP contribution in [0.1, 0.15) is 11.1 Å². The van der Waals surface area contributed by atoms with Crippen LogP contribution in [0, 0.1) is 6.92 Å². The van der Waals surface area contributed by atoms with Gasteiger partial charge in [-0.05, 0) is 30.7 Å². The molecule has 0 heterocycles. The van der Waals surface area contributed by atoms with Crippen LogP contribution in [0.3, 0.4) is 0 Å². The van der Waals surface area contributed by atoms with E-state index in [-0.39, 0.29) is 23.2 Å². The van der Waals surface area contributed by atoms with Gasteiger partial charge >= 0.3 is 0 Å². The summed E-state index contributed by atoms with van der Waals surface area (Å²) in [6, 6.07) is 10.9. The maximum atomic E-state index is 11.8. The van der Waals surface area contributed by atoms with E-state index in [2.05, 4.69) is 31.8 Å². The number of rotatable bonds is 5. The standard InChI is InChI=1S/C16H15BrClN3O2/c1-10-4-2-3-5-14(10)19-9-15(22)21-20-8-11-6-12(17)7-13(18)16(11)23/h2-8,19,23H,9H2,1H3,(H,21,22)/b20-8+. The van der Waals surface area contributed by atoms with Crippen LogP contribution in [0.15, 0.2) is 46.0 Å². The number of halogens is 2. The molecule has 0 saturated carbocycles. The fraction of sp³-hybridized carbons (Fsp3) is 0.125. The average Bonchev–Trinajstić information content (AvgIpc) is 2.51. The van der Waals surface area contributed by atoms with Crippen molar-refractivity contribution in [3.63, 3.8) is 0 Å². The number of anilines is 1. The Bertz CT molecular complexity index is 750. The third-order valence-corrected chi connectivity index (χ3v) is 3.78. The van der Waals surface area contributed by atoms with Gasteiger partial charge in [-0.25, -0.2) is 5.43 Å². The number of amides is 1. The molecule has 0 unspecified atom stereocenters. The second-order valence-corrected chi connectivity index (χ2v) is 6.11. The van der Waals surface area contributed by atoms with E-state index in [0.717, 1.165) is 11.3 Å². The first-order chi connectivity index (χ1) is 11.0. The van der Waals surface area contributed by atoms with Crippen molar-refractivity contribution < 1.29 is 9.90 Å². The molecule has 5 nitrogen and oxygen atoms in total. The van der Waals surface area contributed by atoms with Gasteiger partial charge in [0.1, 0.15) is 5.75 Å². The summed E-state index contributed by atoms with van der Waals surface area (Å²) < 4.78 is 0.703. The summed E-state index contributed by atoms with van der Waals surface area (Å²) in [5.74, 6) is -0.393. The molecule has 0 aliphatic rings. The second-order valence-electron chi connectivity index (χ2n) is 4.79. The number of para-hydroxylation sites is 1. The molecule has 23 heavy (non-hydrogen) atoms. The number of phenols is 1. The first-order valence-corrected chi connectivity index (χ1v) is 7.94. The number of hydrogen-bond acceptors (Lipinski definition) is 4. The molecule has 2 aromatic rings. The molecule has 2 aromatic carbocycles. The zero-order valence-electron chi connectivity index (χ0n) is 12.3. The van der Waals surface area contributed by atoms with E-state index in [0.29, 0.717) is 10.0 Å². The number of hydrogen-bond donors (Lipinski definition) is 3. The Morgan fingerprint density at radius 2 is 2.13 bits per heavy atom. The Morgan fingerprint density at radius 3 is 2.87 bits per heavy atom. The van der Waals surface area contributed by atoms with E-state index in [1.54, 1.807) is 12.1 Å². The average molecular weight is 397 g/mol. The highest BCUT2D eigenvalue weighted by Crippen LogP contribution is 2.30. The molecule has 2 rings (SSSR count). The van der Waals surface area contributed by atoms with Crippen molar-refractivity contribution in [2.45, 2.75) is 6.92 Å². The van der Waals surface area contributed by atoms with Crippen LogP contribution in [0.4, 0.5) is 5.69 Å². The Balaban J connectivity index is 1.91. The molecule has 0 fully saturated rings. The molecule has 0 atom stereocenters. The molecular weight excluding hydrogens is 382 g/mol.